The molecule has 10 heteroatoms. The average Bonchev–Trinajstić information content (AvgIpc) is 3.49. The third-order valence-corrected chi connectivity index (χ3v) is 5.47. The van der Waals surface area contributed by atoms with Gasteiger partial charge in [0.1, 0.15) is 0 Å². The molecule has 1 aromatic carbocycles. The van der Waals surface area contributed by atoms with E-state index >= 15 is 0 Å². The highest BCUT2D eigenvalue weighted by molar-refractivity contribution is 5.79. The Morgan fingerprint density at radius 2 is 1.84 bits per heavy atom. The molecular formula is C22H26F3N3O4. The fourth-order valence-electron chi connectivity index (χ4n) is 3.63. The topological polar surface area (TPSA) is 84.7 Å². The number of hydrogen-bond acceptors (Lipinski definition) is 4. The minimum atomic E-state index is -5.08. The van der Waals surface area contributed by atoms with Crippen LogP contribution in [0.25, 0.3) is 0 Å². The highest BCUT2D eigenvalue weighted by Gasteiger charge is 2.38. The second kappa shape index (κ2) is 10.2. The van der Waals surface area contributed by atoms with E-state index in [0.29, 0.717) is 13.0 Å². The summed E-state index contributed by atoms with van der Waals surface area (Å²) >= 11 is 0. The zero-order chi connectivity index (χ0) is 23.3. The molecule has 0 spiro atoms. The Hall–Kier alpha value is -2.88. The van der Waals surface area contributed by atoms with Crippen LogP contribution in [-0.4, -0.2) is 57.6 Å². The molecular weight excluding hydrogens is 427 g/mol. The van der Waals surface area contributed by atoms with Crippen LogP contribution in [0.4, 0.5) is 13.2 Å². The van der Waals surface area contributed by atoms with Gasteiger partial charge in [-0.25, -0.2) is 4.79 Å². The number of rotatable bonds is 6. The summed E-state index contributed by atoms with van der Waals surface area (Å²) in [6.07, 6.45) is 0.703. The number of benzene rings is 1. The number of alkyl halides is 3. The Kier molecular flexibility index (Phi) is 7.55. The van der Waals surface area contributed by atoms with Gasteiger partial charge in [-0.2, -0.15) is 18.3 Å². The average molecular weight is 453 g/mol. The minimum Gasteiger partial charge on any atom is -0.475 e. The van der Waals surface area contributed by atoms with E-state index in [2.05, 4.69) is 5.10 Å². The SMILES string of the molecule is Cn1ncc2c1C(COCC1CC1)N(C(=O)Cc1ccccc1)CC2.O=C(O)C(F)(F)F. The second-order valence-electron chi connectivity index (χ2n) is 7.98. The van der Waals surface area contributed by atoms with Crippen molar-refractivity contribution in [3.63, 3.8) is 0 Å². The van der Waals surface area contributed by atoms with E-state index in [1.165, 1.54) is 18.4 Å². The first kappa shape index (κ1) is 23.8. The number of nitrogens with zero attached hydrogens (tertiary/aromatic N) is 3. The lowest BCUT2D eigenvalue weighted by molar-refractivity contribution is -0.192. The van der Waals surface area contributed by atoms with Gasteiger partial charge in [-0.3, -0.25) is 9.48 Å². The lowest BCUT2D eigenvalue weighted by Gasteiger charge is -2.36. The summed E-state index contributed by atoms with van der Waals surface area (Å²) in [7, 11) is 1.96. The molecule has 2 heterocycles. The van der Waals surface area contributed by atoms with E-state index in [-0.39, 0.29) is 11.9 Å². The monoisotopic (exact) mass is 453 g/mol. The number of fused-ring (bicyclic) bond motifs is 1. The number of ether oxygens (including phenoxy) is 1. The molecule has 0 bridgehead atoms. The number of aromatic nitrogens is 2. The molecule has 1 aliphatic heterocycles. The van der Waals surface area contributed by atoms with E-state index in [1.807, 2.05) is 53.2 Å². The number of halogens is 3. The number of carbonyl (C=O) groups is 2. The van der Waals surface area contributed by atoms with Crippen molar-refractivity contribution in [3.05, 3.63) is 53.3 Å². The molecule has 1 amide bonds. The molecule has 1 unspecified atom stereocenters. The number of hydrogen-bond donors (Lipinski definition) is 1. The van der Waals surface area contributed by atoms with Crippen LogP contribution in [0.1, 0.15) is 35.7 Å². The van der Waals surface area contributed by atoms with Gasteiger partial charge in [0.25, 0.3) is 0 Å². The Balaban J connectivity index is 0.000000360. The molecule has 1 N–H and O–H groups in total. The molecule has 1 atom stereocenters. The van der Waals surface area contributed by atoms with Crippen molar-refractivity contribution in [1.29, 1.82) is 0 Å². The first-order valence-corrected chi connectivity index (χ1v) is 10.4. The Morgan fingerprint density at radius 1 is 1.19 bits per heavy atom. The minimum absolute atomic E-state index is 0.0359. The summed E-state index contributed by atoms with van der Waals surface area (Å²) in [6.45, 7) is 2.11. The molecule has 4 rings (SSSR count). The molecule has 174 valence electrons. The standard InChI is InChI=1S/C20H25N3O2.C2HF3O2/c1-22-20-17(12-21-22)9-10-23(18(20)14-25-13-16-7-8-16)19(24)11-15-5-3-2-4-6-15;3-2(4,5)1(6)7/h2-6,12,16,18H,7-11,13-14H2,1H3;(H,6,7). The van der Waals surface area contributed by atoms with Crippen LogP contribution in [0.5, 0.6) is 0 Å². The Bertz CT molecular complexity index is 926. The van der Waals surface area contributed by atoms with Gasteiger partial charge in [0.05, 0.1) is 31.0 Å². The third kappa shape index (κ3) is 6.32. The number of aliphatic carboxylic acids is 1. The van der Waals surface area contributed by atoms with Gasteiger partial charge < -0.3 is 14.7 Å². The summed E-state index contributed by atoms with van der Waals surface area (Å²) in [5.74, 6) is -1.87. The highest BCUT2D eigenvalue weighted by atomic mass is 19.4. The third-order valence-electron chi connectivity index (χ3n) is 5.47. The number of aryl methyl sites for hydroxylation is 1. The van der Waals surface area contributed by atoms with Crippen molar-refractivity contribution in [2.75, 3.05) is 19.8 Å². The van der Waals surface area contributed by atoms with Crippen LogP contribution in [0.3, 0.4) is 0 Å². The lowest BCUT2D eigenvalue weighted by Crippen LogP contribution is -2.43. The smallest absolute Gasteiger partial charge is 0.475 e. The number of carboxylic acids is 1. The molecule has 1 saturated carbocycles. The summed E-state index contributed by atoms with van der Waals surface area (Å²) in [4.78, 5) is 23.9. The van der Waals surface area contributed by atoms with Crippen LogP contribution >= 0.6 is 0 Å². The predicted molar refractivity (Wildman–Crippen MR) is 109 cm³/mol. The van der Waals surface area contributed by atoms with Crippen molar-refractivity contribution in [3.8, 4) is 0 Å². The van der Waals surface area contributed by atoms with Crippen molar-refractivity contribution in [1.82, 2.24) is 14.7 Å². The van der Waals surface area contributed by atoms with Crippen LogP contribution in [0.15, 0.2) is 36.5 Å². The number of carbonyl (C=O) groups excluding carboxylic acids is 1. The maximum atomic E-state index is 13.0. The van der Waals surface area contributed by atoms with E-state index in [9.17, 15) is 18.0 Å². The zero-order valence-electron chi connectivity index (χ0n) is 17.7. The first-order valence-electron chi connectivity index (χ1n) is 10.4. The van der Waals surface area contributed by atoms with Crippen LogP contribution in [0, 0.1) is 5.92 Å². The van der Waals surface area contributed by atoms with E-state index in [1.54, 1.807) is 0 Å². The Labute approximate surface area is 183 Å². The fraction of sp³-hybridized carbons (Fsp3) is 0.500. The van der Waals surface area contributed by atoms with Crippen LogP contribution in [-0.2, 0) is 34.2 Å². The van der Waals surface area contributed by atoms with E-state index in [4.69, 9.17) is 14.6 Å². The molecule has 1 aliphatic carbocycles. The van der Waals surface area contributed by atoms with E-state index in [0.717, 1.165) is 36.7 Å². The largest absolute Gasteiger partial charge is 0.490 e. The normalized spacial score (nSPS) is 17.9. The maximum absolute atomic E-state index is 13.0. The molecule has 0 radical (unpaired) electrons. The molecule has 1 aromatic heterocycles. The summed E-state index contributed by atoms with van der Waals surface area (Å²) in [6, 6.07) is 9.92. The van der Waals surface area contributed by atoms with Crippen molar-refractivity contribution >= 4 is 11.9 Å². The molecule has 1 fully saturated rings. The second-order valence-corrected chi connectivity index (χ2v) is 7.98. The highest BCUT2D eigenvalue weighted by Crippen LogP contribution is 2.32. The van der Waals surface area contributed by atoms with Crippen molar-refractivity contribution in [2.45, 2.75) is 37.9 Å². The van der Waals surface area contributed by atoms with Gasteiger partial charge in [-0.15, -0.1) is 0 Å². The lowest BCUT2D eigenvalue weighted by atomic mass is 9.99. The molecule has 32 heavy (non-hydrogen) atoms. The quantitative estimate of drug-likeness (QED) is 0.727. The first-order chi connectivity index (χ1) is 15.2. The van der Waals surface area contributed by atoms with Gasteiger partial charge in [0.2, 0.25) is 5.91 Å². The summed E-state index contributed by atoms with van der Waals surface area (Å²) in [5.41, 5.74) is 3.43. The van der Waals surface area contributed by atoms with Gasteiger partial charge in [0.15, 0.2) is 0 Å². The summed E-state index contributed by atoms with van der Waals surface area (Å²) < 4.78 is 39.6. The zero-order valence-corrected chi connectivity index (χ0v) is 17.7. The predicted octanol–water partition coefficient (Wildman–Crippen LogP) is 3.15. The Morgan fingerprint density at radius 3 is 2.44 bits per heavy atom. The number of carboxylic acid groups (broad SMARTS) is 1. The molecule has 2 aromatic rings. The van der Waals surface area contributed by atoms with E-state index < -0.39 is 12.1 Å². The molecule has 7 nitrogen and oxygen atoms in total. The van der Waals surface area contributed by atoms with Crippen molar-refractivity contribution < 1.29 is 32.6 Å². The van der Waals surface area contributed by atoms with Gasteiger partial charge >= 0.3 is 12.1 Å². The van der Waals surface area contributed by atoms with Gasteiger partial charge in [-0.1, -0.05) is 30.3 Å². The van der Waals surface area contributed by atoms with Crippen LogP contribution < -0.4 is 0 Å². The number of amides is 1. The summed E-state index contributed by atoms with van der Waals surface area (Å²) in [5, 5.41) is 11.5. The van der Waals surface area contributed by atoms with Gasteiger partial charge in [-0.05, 0) is 36.3 Å². The van der Waals surface area contributed by atoms with Gasteiger partial charge in [0, 0.05) is 20.2 Å². The fourth-order valence-corrected chi connectivity index (χ4v) is 3.63. The maximum Gasteiger partial charge on any atom is 0.490 e. The van der Waals surface area contributed by atoms with Crippen molar-refractivity contribution in [2.24, 2.45) is 13.0 Å². The molecule has 0 saturated heterocycles. The van der Waals surface area contributed by atoms with Crippen LogP contribution in [0.2, 0.25) is 0 Å². The molecule has 2 aliphatic rings.